The molecule has 3 aliphatic heterocycles. The Hall–Kier alpha value is -3.67. The predicted molar refractivity (Wildman–Crippen MR) is 160 cm³/mol. The van der Waals surface area contributed by atoms with Gasteiger partial charge in [-0.05, 0) is 61.5 Å². The van der Waals surface area contributed by atoms with Crippen LogP contribution in [0.4, 0.5) is 28.9 Å². The molecular formula is C32H37F4N5O2. The van der Waals surface area contributed by atoms with Gasteiger partial charge in [0, 0.05) is 63.8 Å². The van der Waals surface area contributed by atoms with Gasteiger partial charge < -0.3 is 24.8 Å². The Morgan fingerprint density at radius 2 is 1.77 bits per heavy atom. The molecule has 0 spiro atoms. The number of morpholine rings is 1. The maximum absolute atomic E-state index is 15.2. The van der Waals surface area contributed by atoms with Crippen LogP contribution in [-0.4, -0.2) is 93.4 Å². The highest BCUT2D eigenvalue weighted by atomic mass is 19.4. The topological polar surface area (TPSA) is 51.3 Å². The average molecular weight is 600 g/mol. The van der Waals surface area contributed by atoms with E-state index in [1.165, 1.54) is 18.0 Å². The van der Waals surface area contributed by atoms with Crippen molar-refractivity contribution >= 4 is 17.3 Å². The summed E-state index contributed by atoms with van der Waals surface area (Å²) in [7, 11) is 3.57. The summed E-state index contributed by atoms with van der Waals surface area (Å²) in [6.07, 6.45) is -1.87. The van der Waals surface area contributed by atoms with E-state index >= 15 is 4.39 Å². The van der Waals surface area contributed by atoms with E-state index in [4.69, 9.17) is 4.74 Å². The van der Waals surface area contributed by atoms with E-state index in [0.29, 0.717) is 55.3 Å². The maximum atomic E-state index is 15.2. The van der Waals surface area contributed by atoms with Crippen LogP contribution in [0.3, 0.4) is 0 Å². The summed E-state index contributed by atoms with van der Waals surface area (Å²) in [5.74, 6) is -1.33. The van der Waals surface area contributed by atoms with Crippen LogP contribution >= 0.6 is 0 Å². The van der Waals surface area contributed by atoms with Gasteiger partial charge in [0.25, 0.3) is 5.91 Å². The molecule has 230 valence electrons. The van der Waals surface area contributed by atoms with Gasteiger partial charge in [0.15, 0.2) is 0 Å². The summed E-state index contributed by atoms with van der Waals surface area (Å²) in [4.78, 5) is 21.5. The molecule has 2 aromatic carbocycles. The Morgan fingerprint density at radius 1 is 1.00 bits per heavy atom. The number of nitrogens with zero attached hydrogens (tertiary/aromatic N) is 4. The molecule has 5 rings (SSSR count). The fourth-order valence-corrected chi connectivity index (χ4v) is 5.57. The van der Waals surface area contributed by atoms with E-state index in [-0.39, 0.29) is 5.70 Å². The third-order valence-electron chi connectivity index (χ3n) is 8.08. The second kappa shape index (κ2) is 12.9. The van der Waals surface area contributed by atoms with Crippen molar-refractivity contribution in [2.45, 2.75) is 19.1 Å². The standard InChI is InChI=1S/C32H37F4N5O2/c1-22-17-27(32(34,35)36)26(21-39(22)3)31(42)37-29-19-24(6-8-30(29)41-10-4-9-38(2)11-12-41)25-18-23(5-7-28(25)33)20-40-13-15-43-16-14-40/h5-8,17-19,21H,1,4,9-16,20H2,2-3H3,(H,37,42). The van der Waals surface area contributed by atoms with Gasteiger partial charge in [-0.3, -0.25) is 9.69 Å². The third kappa shape index (κ3) is 7.29. The smallest absolute Gasteiger partial charge is 0.379 e. The monoisotopic (exact) mass is 599 g/mol. The minimum Gasteiger partial charge on any atom is -0.379 e. The molecule has 43 heavy (non-hydrogen) atoms. The Kier molecular flexibility index (Phi) is 9.24. The first kappa shape index (κ1) is 30.8. The lowest BCUT2D eigenvalue weighted by molar-refractivity contribution is -0.115. The molecule has 0 unspecified atom stereocenters. The molecule has 0 atom stereocenters. The van der Waals surface area contributed by atoms with Gasteiger partial charge in [0.05, 0.1) is 35.7 Å². The molecular weight excluding hydrogens is 562 g/mol. The van der Waals surface area contributed by atoms with Crippen LogP contribution in [0.15, 0.2) is 72.1 Å². The molecule has 1 N–H and O–H groups in total. The van der Waals surface area contributed by atoms with Crippen molar-refractivity contribution in [1.82, 2.24) is 14.7 Å². The largest absolute Gasteiger partial charge is 0.417 e. The van der Waals surface area contributed by atoms with Gasteiger partial charge >= 0.3 is 6.18 Å². The van der Waals surface area contributed by atoms with Crippen molar-refractivity contribution in [1.29, 1.82) is 0 Å². The molecule has 3 aliphatic rings. The number of likely N-dealkylation sites (N-methyl/N-ethyl adjacent to an activating group) is 2. The fraction of sp³-hybridized carbons (Fsp3) is 0.406. The lowest BCUT2D eigenvalue weighted by Gasteiger charge is -2.28. The minimum atomic E-state index is -4.75. The number of carbonyl (C=O) groups excluding carboxylic acids is 1. The number of nitrogens with one attached hydrogen (secondary N) is 1. The Morgan fingerprint density at radius 3 is 2.51 bits per heavy atom. The van der Waals surface area contributed by atoms with E-state index in [2.05, 4.69) is 26.6 Å². The second-order valence-electron chi connectivity index (χ2n) is 11.2. The molecule has 3 heterocycles. The number of hydrogen-bond acceptors (Lipinski definition) is 6. The molecule has 1 amide bonds. The zero-order valence-corrected chi connectivity index (χ0v) is 24.5. The molecule has 0 aromatic heterocycles. The number of anilines is 2. The lowest BCUT2D eigenvalue weighted by atomic mass is 9.99. The number of carbonyl (C=O) groups is 1. The maximum Gasteiger partial charge on any atom is 0.417 e. The Balaban J connectivity index is 1.51. The summed E-state index contributed by atoms with van der Waals surface area (Å²) < 4.78 is 62.6. The van der Waals surface area contributed by atoms with Crippen LogP contribution in [-0.2, 0) is 16.1 Å². The quantitative estimate of drug-likeness (QED) is 0.459. The average Bonchev–Trinajstić information content (AvgIpc) is 3.19. The summed E-state index contributed by atoms with van der Waals surface area (Å²) >= 11 is 0. The molecule has 0 radical (unpaired) electrons. The molecule has 0 bridgehead atoms. The Labute approximate surface area is 249 Å². The molecule has 2 saturated heterocycles. The zero-order valence-electron chi connectivity index (χ0n) is 24.5. The summed E-state index contributed by atoms with van der Waals surface area (Å²) in [5, 5.41) is 2.75. The van der Waals surface area contributed by atoms with E-state index in [0.717, 1.165) is 50.4 Å². The number of rotatable bonds is 6. The van der Waals surface area contributed by atoms with E-state index in [1.807, 2.05) is 13.1 Å². The number of allylic oxidation sites excluding steroid dienone is 1. The summed E-state index contributed by atoms with van der Waals surface area (Å²) in [6.45, 7) is 10.2. The molecule has 2 fully saturated rings. The van der Waals surface area contributed by atoms with Crippen LogP contribution in [0, 0.1) is 5.82 Å². The number of halogens is 4. The SMILES string of the molecule is C=C1C=C(C(F)(F)F)C(C(=O)Nc2cc(-c3cc(CN4CCOCC4)ccc3F)ccc2N2CCCN(C)CC2)=CN1C. The minimum absolute atomic E-state index is 0.118. The van der Waals surface area contributed by atoms with Crippen molar-refractivity contribution in [2.24, 2.45) is 0 Å². The summed E-state index contributed by atoms with van der Waals surface area (Å²) in [5.41, 5.74) is 1.32. The highest BCUT2D eigenvalue weighted by molar-refractivity contribution is 6.09. The fourth-order valence-electron chi connectivity index (χ4n) is 5.57. The van der Waals surface area contributed by atoms with Gasteiger partial charge in [0.1, 0.15) is 5.82 Å². The van der Waals surface area contributed by atoms with Crippen molar-refractivity contribution in [3.8, 4) is 11.1 Å². The predicted octanol–water partition coefficient (Wildman–Crippen LogP) is 5.24. The van der Waals surface area contributed by atoms with Crippen molar-refractivity contribution < 1.29 is 27.1 Å². The molecule has 7 nitrogen and oxygen atoms in total. The van der Waals surface area contributed by atoms with Crippen molar-refractivity contribution in [3.05, 3.63) is 83.5 Å². The second-order valence-corrected chi connectivity index (χ2v) is 11.2. The number of hydrogen-bond donors (Lipinski definition) is 1. The molecule has 0 aliphatic carbocycles. The van der Waals surface area contributed by atoms with Crippen LogP contribution in [0.2, 0.25) is 0 Å². The molecule has 11 heteroatoms. The van der Waals surface area contributed by atoms with Crippen LogP contribution in [0.1, 0.15) is 12.0 Å². The highest BCUT2D eigenvalue weighted by Crippen LogP contribution is 2.38. The van der Waals surface area contributed by atoms with Crippen molar-refractivity contribution in [3.63, 3.8) is 0 Å². The van der Waals surface area contributed by atoms with E-state index in [9.17, 15) is 18.0 Å². The van der Waals surface area contributed by atoms with Crippen LogP contribution in [0.25, 0.3) is 11.1 Å². The van der Waals surface area contributed by atoms with Crippen LogP contribution in [0.5, 0.6) is 0 Å². The Bertz CT molecular complexity index is 1430. The van der Waals surface area contributed by atoms with Crippen molar-refractivity contribution in [2.75, 3.05) is 76.8 Å². The number of ether oxygens (including phenoxy) is 1. The van der Waals surface area contributed by atoms with Gasteiger partial charge in [0.2, 0.25) is 0 Å². The summed E-state index contributed by atoms with van der Waals surface area (Å²) in [6, 6.07) is 10.2. The van der Waals surface area contributed by atoms with Gasteiger partial charge in [-0.15, -0.1) is 0 Å². The first-order valence-corrected chi connectivity index (χ1v) is 14.4. The molecule has 2 aromatic rings. The number of benzene rings is 2. The first-order valence-electron chi connectivity index (χ1n) is 14.4. The number of alkyl halides is 3. The van der Waals surface area contributed by atoms with Gasteiger partial charge in [-0.1, -0.05) is 18.7 Å². The van der Waals surface area contributed by atoms with Crippen LogP contribution < -0.4 is 10.2 Å². The lowest BCUT2D eigenvalue weighted by Crippen LogP contribution is -2.35. The molecule has 0 saturated carbocycles. The third-order valence-corrected chi connectivity index (χ3v) is 8.08. The first-order chi connectivity index (χ1) is 20.5. The van der Waals surface area contributed by atoms with Gasteiger partial charge in [-0.2, -0.15) is 13.2 Å². The zero-order chi connectivity index (χ0) is 30.7. The highest BCUT2D eigenvalue weighted by Gasteiger charge is 2.40. The van der Waals surface area contributed by atoms with E-state index in [1.54, 1.807) is 24.3 Å². The van der Waals surface area contributed by atoms with E-state index < -0.39 is 29.0 Å². The normalized spacial score (nSPS) is 19.2. The van der Waals surface area contributed by atoms with Gasteiger partial charge in [-0.25, -0.2) is 4.39 Å². The number of amides is 1.